The lowest BCUT2D eigenvalue weighted by Crippen LogP contribution is -2.45. The Hall–Kier alpha value is -3.54. The van der Waals surface area contributed by atoms with E-state index >= 15 is 0 Å². The number of carbonyl (C=O) groups excluding carboxylic acids is 2. The number of hydrogen-bond acceptors (Lipinski definition) is 8. The molecule has 3 aromatic heterocycles. The van der Waals surface area contributed by atoms with E-state index in [2.05, 4.69) is 31.2 Å². The molecule has 2 saturated heterocycles. The largest absolute Gasteiger partial charge is 0.444 e. The highest BCUT2D eigenvalue weighted by molar-refractivity contribution is 9.10. The van der Waals surface area contributed by atoms with Gasteiger partial charge in [0.15, 0.2) is 0 Å². The Bertz CT molecular complexity index is 1680. The molecule has 12 heteroatoms. The number of halogens is 1. The number of anilines is 3. The fraction of sp³-hybridized carbons (Fsp3) is 0.548. The molecule has 1 N–H and O–H groups in total. The number of nitrogens with one attached hydrogen (secondary N) is 1. The second-order valence-electron chi connectivity index (χ2n) is 13.4. The van der Waals surface area contributed by atoms with E-state index in [4.69, 9.17) is 9.72 Å². The van der Waals surface area contributed by atoms with Crippen molar-refractivity contribution in [2.45, 2.75) is 89.9 Å². The quantitative estimate of drug-likeness (QED) is 0.394. The smallest absolute Gasteiger partial charge is 0.410 e. The molecule has 226 valence electrons. The number of hydrogen-bond donors (Lipinski definition) is 1. The maximum Gasteiger partial charge on any atom is 0.410 e. The van der Waals surface area contributed by atoms with E-state index in [1.807, 2.05) is 38.3 Å². The van der Waals surface area contributed by atoms with Gasteiger partial charge in [-0.05, 0) is 105 Å². The van der Waals surface area contributed by atoms with Crippen molar-refractivity contribution in [3.05, 3.63) is 44.9 Å². The lowest BCUT2D eigenvalue weighted by molar-refractivity contribution is -0.119. The SMILES string of the molecule is Cc1c(Br)c(=O)n([C@@H]2CC[C@@H]3C[C@@H]32)c2nc(Nc3ccc(N4C[C@H]5CC[C@@H](CC4=O)N5C(=O)OC(C)(C)C)cn3)ncc12. The van der Waals surface area contributed by atoms with E-state index in [1.54, 1.807) is 28.3 Å². The van der Waals surface area contributed by atoms with Crippen LogP contribution in [0.2, 0.25) is 0 Å². The number of nitrogens with zero attached hydrogens (tertiary/aromatic N) is 6. The third-order valence-electron chi connectivity index (χ3n) is 9.40. The minimum atomic E-state index is -0.599. The Morgan fingerprint density at radius 2 is 1.86 bits per heavy atom. The zero-order chi connectivity index (χ0) is 30.2. The van der Waals surface area contributed by atoms with Gasteiger partial charge in [0.1, 0.15) is 17.1 Å². The molecule has 2 aliphatic carbocycles. The van der Waals surface area contributed by atoms with E-state index in [0.29, 0.717) is 40.0 Å². The van der Waals surface area contributed by atoms with Crippen LogP contribution >= 0.6 is 15.9 Å². The van der Waals surface area contributed by atoms with Gasteiger partial charge in [-0.25, -0.2) is 14.8 Å². The predicted molar refractivity (Wildman–Crippen MR) is 165 cm³/mol. The number of rotatable bonds is 4. The first kappa shape index (κ1) is 28.2. The molecule has 0 unspecified atom stereocenters. The van der Waals surface area contributed by atoms with Gasteiger partial charge in [0, 0.05) is 36.6 Å². The molecule has 0 radical (unpaired) electrons. The van der Waals surface area contributed by atoms with Crippen LogP contribution < -0.4 is 15.8 Å². The van der Waals surface area contributed by atoms with Crippen LogP contribution in [0, 0.1) is 18.8 Å². The first-order chi connectivity index (χ1) is 20.5. The summed E-state index contributed by atoms with van der Waals surface area (Å²) < 4.78 is 8.09. The summed E-state index contributed by atoms with van der Waals surface area (Å²) >= 11 is 3.52. The minimum Gasteiger partial charge on any atom is -0.444 e. The first-order valence-electron chi connectivity index (χ1n) is 15.1. The van der Waals surface area contributed by atoms with Gasteiger partial charge in [0.05, 0.1) is 22.4 Å². The molecule has 4 fully saturated rings. The van der Waals surface area contributed by atoms with Crippen LogP contribution in [-0.4, -0.2) is 60.6 Å². The van der Waals surface area contributed by atoms with E-state index in [-0.39, 0.29) is 42.1 Å². The van der Waals surface area contributed by atoms with Gasteiger partial charge in [-0.15, -0.1) is 0 Å². The molecule has 3 aromatic rings. The number of aromatic nitrogens is 4. The van der Waals surface area contributed by atoms with Crippen LogP contribution in [0.1, 0.15) is 70.9 Å². The monoisotopic (exact) mass is 649 g/mol. The molecule has 0 aromatic carbocycles. The average molecular weight is 651 g/mol. The van der Waals surface area contributed by atoms with Crippen molar-refractivity contribution in [1.29, 1.82) is 0 Å². The van der Waals surface area contributed by atoms with Crippen LogP contribution in [-0.2, 0) is 9.53 Å². The Morgan fingerprint density at radius 1 is 1.07 bits per heavy atom. The van der Waals surface area contributed by atoms with Crippen LogP contribution in [0.3, 0.4) is 0 Å². The summed E-state index contributed by atoms with van der Waals surface area (Å²) in [6.45, 7) is 7.85. The third kappa shape index (κ3) is 5.07. The molecule has 2 bridgehead atoms. The fourth-order valence-electron chi connectivity index (χ4n) is 7.22. The first-order valence-corrected chi connectivity index (χ1v) is 15.9. The topological polar surface area (TPSA) is 123 Å². The number of aryl methyl sites for hydroxylation is 1. The van der Waals surface area contributed by atoms with Crippen LogP contribution in [0.25, 0.3) is 11.0 Å². The van der Waals surface area contributed by atoms with Crippen molar-refractivity contribution in [2.75, 3.05) is 16.8 Å². The number of amides is 2. The molecule has 11 nitrogen and oxygen atoms in total. The summed E-state index contributed by atoms with van der Waals surface area (Å²) in [6.07, 6.45) is 8.24. The van der Waals surface area contributed by atoms with Crippen molar-refractivity contribution in [1.82, 2.24) is 24.4 Å². The van der Waals surface area contributed by atoms with Gasteiger partial charge in [-0.1, -0.05) is 0 Å². The predicted octanol–water partition coefficient (Wildman–Crippen LogP) is 5.48. The number of pyridine rings is 2. The lowest BCUT2D eigenvalue weighted by Gasteiger charge is -2.31. The average Bonchev–Trinajstić information content (AvgIpc) is 3.49. The molecular weight excluding hydrogens is 614 g/mol. The van der Waals surface area contributed by atoms with Crippen LogP contribution in [0.4, 0.5) is 22.2 Å². The zero-order valence-corrected chi connectivity index (χ0v) is 26.4. The van der Waals surface area contributed by atoms with Crippen LogP contribution in [0.15, 0.2) is 33.8 Å². The van der Waals surface area contributed by atoms with Gasteiger partial charge in [0.25, 0.3) is 5.56 Å². The molecule has 43 heavy (non-hydrogen) atoms. The molecule has 4 aliphatic rings. The maximum atomic E-state index is 13.4. The summed E-state index contributed by atoms with van der Waals surface area (Å²) in [5.74, 6) is 2.10. The van der Waals surface area contributed by atoms with Crippen molar-refractivity contribution in [3.8, 4) is 0 Å². The Labute approximate surface area is 258 Å². The number of fused-ring (bicyclic) bond motifs is 4. The van der Waals surface area contributed by atoms with Gasteiger partial charge < -0.3 is 15.0 Å². The standard InChI is InChI=1S/C31H36BrN7O4/c1-16-22-14-34-29(36-27(22)39(28(41)26(16)32)23-9-5-17-11-21(17)23)35-24-10-8-19(13-33-24)37-15-20-7-6-18(12-25(37)40)38(20)30(42)43-31(2,3)4/h8,10,13-14,17-18,20-21,23H,5-7,9,11-12,15H2,1-4H3,(H,33,34,35,36)/t17-,18+,20-,21+,23-/m1/s1. The molecule has 2 aliphatic heterocycles. The summed E-state index contributed by atoms with van der Waals surface area (Å²) in [4.78, 5) is 57.0. The Balaban J connectivity index is 1.12. The molecule has 5 heterocycles. The van der Waals surface area contributed by atoms with Gasteiger partial charge in [0.2, 0.25) is 11.9 Å². The molecule has 2 saturated carbocycles. The van der Waals surface area contributed by atoms with Crippen molar-refractivity contribution in [3.63, 3.8) is 0 Å². The maximum absolute atomic E-state index is 13.4. The Kier molecular flexibility index (Phi) is 6.75. The van der Waals surface area contributed by atoms with Crippen molar-refractivity contribution >= 4 is 56.4 Å². The highest BCUT2D eigenvalue weighted by atomic mass is 79.9. The Morgan fingerprint density at radius 3 is 2.53 bits per heavy atom. The van der Waals surface area contributed by atoms with Gasteiger partial charge in [-0.3, -0.25) is 19.1 Å². The summed E-state index contributed by atoms with van der Waals surface area (Å²) in [7, 11) is 0. The second-order valence-corrected chi connectivity index (χ2v) is 14.2. The molecule has 0 spiro atoms. The lowest BCUT2D eigenvalue weighted by atomic mass is 10.1. The van der Waals surface area contributed by atoms with E-state index in [1.165, 1.54) is 6.42 Å². The summed E-state index contributed by atoms with van der Waals surface area (Å²) in [6, 6.07) is 3.52. The number of ether oxygens (including phenoxy) is 1. The van der Waals surface area contributed by atoms with Gasteiger partial charge >= 0.3 is 6.09 Å². The molecule has 7 rings (SSSR count). The normalized spacial score (nSPS) is 26.4. The van der Waals surface area contributed by atoms with E-state index in [9.17, 15) is 14.4 Å². The third-order valence-corrected chi connectivity index (χ3v) is 10.3. The molecule has 2 amide bonds. The highest BCUT2D eigenvalue weighted by Gasteiger charge is 2.50. The highest BCUT2D eigenvalue weighted by Crippen LogP contribution is 2.57. The molecule has 5 atom stereocenters. The van der Waals surface area contributed by atoms with Crippen molar-refractivity contribution < 1.29 is 14.3 Å². The van der Waals surface area contributed by atoms with Crippen LogP contribution in [0.5, 0.6) is 0 Å². The van der Waals surface area contributed by atoms with Crippen molar-refractivity contribution in [2.24, 2.45) is 11.8 Å². The van der Waals surface area contributed by atoms with E-state index < -0.39 is 5.60 Å². The number of carbonyl (C=O) groups is 2. The summed E-state index contributed by atoms with van der Waals surface area (Å²) in [5, 5.41) is 4.03. The second kappa shape index (κ2) is 10.3. The zero-order valence-electron chi connectivity index (χ0n) is 24.8. The van der Waals surface area contributed by atoms with E-state index in [0.717, 1.165) is 42.6 Å². The fourth-order valence-corrected chi connectivity index (χ4v) is 7.63. The van der Waals surface area contributed by atoms with Gasteiger partial charge in [-0.2, -0.15) is 4.98 Å². The minimum absolute atomic E-state index is 0.0366. The summed E-state index contributed by atoms with van der Waals surface area (Å²) in [5.41, 5.74) is 1.49. The molecular formula is C31H36BrN7O4.